The highest BCUT2D eigenvalue weighted by molar-refractivity contribution is 7.91. The number of carbonyl (C=O) groups is 1. The van der Waals surface area contributed by atoms with E-state index in [1.165, 1.54) is 11.3 Å². The summed E-state index contributed by atoms with van der Waals surface area (Å²) in [4.78, 5) is 21.0. The zero-order valence-electron chi connectivity index (χ0n) is 14.8. The standard InChI is InChI=1S/C16H26N4O3S2/c1-12(2)9-17-16-18-14(10-24-16)15(21)20-6-4-19(5-7-20)13-3-8-25(22,23)11-13/h10,12-13H,3-9,11H2,1-2H3,(H,17,18). The first-order chi connectivity index (χ1) is 11.8. The molecule has 0 saturated carbocycles. The summed E-state index contributed by atoms with van der Waals surface area (Å²) >= 11 is 1.46. The fourth-order valence-corrected chi connectivity index (χ4v) is 5.72. The van der Waals surface area contributed by atoms with Gasteiger partial charge in [0.1, 0.15) is 5.69 Å². The van der Waals surface area contributed by atoms with Crippen LogP contribution in [0.5, 0.6) is 0 Å². The van der Waals surface area contributed by atoms with Crippen LogP contribution >= 0.6 is 11.3 Å². The van der Waals surface area contributed by atoms with Gasteiger partial charge in [-0.15, -0.1) is 11.3 Å². The first kappa shape index (κ1) is 18.6. The zero-order chi connectivity index (χ0) is 18.0. The van der Waals surface area contributed by atoms with E-state index in [1.807, 2.05) is 4.90 Å². The third kappa shape index (κ3) is 4.71. The van der Waals surface area contributed by atoms with Gasteiger partial charge in [0.2, 0.25) is 0 Å². The van der Waals surface area contributed by atoms with Crippen LogP contribution < -0.4 is 5.32 Å². The molecule has 3 heterocycles. The number of sulfone groups is 1. The van der Waals surface area contributed by atoms with Crippen LogP contribution in [0.25, 0.3) is 0 Å². The number of anilines is 1. The summed E-state index contributed by atoms with van der Waals surface area (Å²) in [6.45, 7) is 7.81. The second kappa shape index (κ2) is 7.59. The van der Waals surface area contributed by atoms with Gasteiger partial charge in [-0.3, -0.25) is 9.69 Å². The van der Waals surface area contributed by atoms with Gasteiger partial charge in [-0.2, -0.15) is 0 Å². The Hall–Kier alpha value is -1.19. The molecule has 2 aliphatic rings. The maximum Gasteiger partial charge on any atom is 0.273 e. The van der Waals surface area contributed by atoms with Crippen molar-refractivity contribution >= 4 is 32.2 Å². The molecule has 1 aromatic rings. The highest BCUT2D eigenvalue weighted by atomic mass is 32.2. The van der Waals surface area contributed by atoms with Gasteiger partial charge in [0.05, 0.1) is 11.5 Å². The third-order valence-corrected chi connectivity index (χ3v) is 7.26. The Labute approximate surface area is 153 Å². The van der Waals surface area contributed by atoms with Crippen molar-refractivity contribution in [3.8, 4) is 0 Å². The number of hydrogen-bond acceptors (Lipinski definition) is 7. The maximum absolute atomic E-state index is 12.6. The summed E-state index contributed by atoms with van der Waals surface area (Å²) < 4.78 is 23.3. The summed E-state index contributed by atoms with van der Waals surface area (Å²) in [5, 5.41) is 5.84. The summed E-state index contributed by atoms with van der Waals surface area (Å²) in [6, 6.07) is 0.119. The SMILES string of the molecule is CC(C)CNc1nc(C(=O)N2CCN(C3CCS(=O)(=O)C3)CC2)cs1. The first-order valence-electron chi connectivity index (χ1n) is 8.77. The van der Waals surface area contributed by atoms with E-state index in [0.29, 0.717) is 36.9 Å². The predicted octanol–water partition coefficient (Wildman–Crippen LogP) is 1.16. The summed E-state index contributed by atoms with van der Waals surface area (Å²) in [7, 11) is -2.86. The zero-order valence-corrected chi connectivity index (χ0v) is 16.4. The van der Waals surface area contributed by atoms with E-state index in [0.717, 1.165) is 24.8 Å². The quantitative estimate of drug-likeness (QED) is 0.818. The van der Waals surface area contributed by atoms with Crippen molar-refractivity contribution in [2.45, 2.75) is 26.3 Å². The molecule has 1 aromatic heterocycles. The van der Waals surface area contributed by atoms with E-state index in [4.69, 9.17) is 0 Å². The Morgan fingerprint density at radius 2 is 2.08 bits per heavy atom. The molecule has 9 heteroatoms. The minimum absolute atomic E-state index is 0.0347. The predicted molar refractivity (Wildman–Crippen MR) is 100.0 cm³/mol. The number of piperazine rings is 1. The van der Waals surface area contributed by atoms with Gasteiger partial charge in [0.15, 0.2) is 15.0 Å². The Kier molecular flexibility index (Phi) is 5.65. The Morgan fingerprint density at radius 3 is 2.68 bits per heavy atom. The van der Waals surface area contributed by atoms with Crippen LogP contribution in [0.1, 0.15) is 30.8 Å². The van der Waals surface area contributed by atoms with Crippen LogP contribution in [0.3, 0.4) is 0 Å². The molecule has 25 heavy (non-hydrogen) atoms. The molecule has 140 valence electrons. The molecule has 0 radical (unpaired) electrons. The van der Waals surface area contributed by atoms with Crippen molar-refractivity contribution in [2.75, 3.05) is 49.5 Å². The van der Waals surface area contributed by atoms with Crippen molar-refractivity contribution < 1.29 is 13.2 Å². The molecule has 0 bridgehead atoms. The summed E-state index contributed by atoms with van der Waals surface area (Å²) in [5.74, 6) is 1.04. The number of nitrogens with one attached hydrogen (secondary N) is 1. The van der Waals surface area contributed by atoms with Crippen molar-refractivity contribution in [3.05, 3.63) is 11.1 Å². The lowest BCUT2D eigenvalue weighted by molar-refractivity contribution is 0.0583. The topological polar surface area (TPSA) is 82.6 Å². The van der Waals surface area contributed by atoms with Gasteiger partial charge in [-0.1, -0.05) is 13.8 Å². The van der Waals surface area contributed by atoms with Crippen molar-refractivity contribution in [1.82, 2.24) is 14.8 Å². The Bertz CT molecular complexity index is 709. The molecule has 2 aliphatic heterocycles. The molecule has 7 nitrogen and oxygen atoms in total. The summed E-state index contributed by atoms with van der Waals surface area (Å²) in [5.41, 5.74) is 0.494. The first-order valence-corrected chi connectivity index (χ1v) is 11.5. The number of aromatic nitrogens is 1. The summed E-state index contributed by atoms with van der Waals surface area (Å²) in [6.07, 6.45) is 0.716. The van der Waals surface area contributed by atoms with Gasteiger partial charge in [0.25, 0.3) is 5.91 Å². The lowest BCUT2D eigenvalue weighted by Crippen LogP contribution is -2.52. The van der Waals surface area contributed by atoms with Gasteiger partial charge in [-0.25, -0.2) is 13.4 Å². The minimum Gasteiger partial charge on any atom is -0.361 e. The fourth-order valence-electron chi connectivity index (χ4n) is 3.26. The normalized spacial score (nSPS) is 24.0. The number of nitrogens with zero attached hydrogens (tertiary/aromatic N) is 3. The number of rotatable bonds is 5. The van der Waals surface area contributed by atoms with Crippen LogP contribution in [-0.2, 0) is 9.84 Å². The molecule has 2 saturated heterocycles. The van der Waals surface area contributed by atoms with Crippen LogP contribution in [0.15, 0.2) is 5.38 Å². The molecule has 2 fully saturated rings. The lowest BCUT2D eigenvalue weighted by atomic mass is 10.2. The Morgan fingerprint density at radius 1 is 1.36 bits per heavy atom. The molecule has 0 spiro atoms. The van der Waals surface area contributed by atoms with E-state index in [2.05, 4.69) is 29.0 Å². The van der Waals surface area contributed by atoms with E-state index < -0.39 is 9.84 Å². The molecular formula is C16H26N4O3S2. The van der Waals surface area contributed by atoms with E-state index in [-0.39, 0.29) is 17.7 Å². The van der Waals surface area contributed by atoms with Crippen molar-refractivity contribution in [2.24, 2.45) is 5.92 Å². The second-order valence-corrected chi connectivity index (χ2v) is 10.3. The van der Waals surface area contributed by atoms with Crippen molar-refractivity contribution in [3.63, 3.8) is 0 Å². The van der Waals surface area contributed by atoms with E-state index >= 15 is 0 Å². The van der Waals surface area contributed by atoms with Crippen LogP contribution in [0.2, 0.25) is 0 Å². The molecule has 1 unspecified atom stereocenters. The minimum atomic E-state index is -2.86. The highest BCUT2D eigenvalue weighted by Gasteiger charge is 2.34. The molecule has 1 amide bonds. The second-order valence-electron chi connectivity index (χ2n) is 7.20. The Balaban J connectivity index is 1.51. The van der Waals surface area contributed by atoms with Crippen LogP contribution in [0, 0.1) is 5.92 Å². The average Bonchev–Trinajstić information content (AvgIpc) is 3.19. The van der Waals surface area contributed by atoms with Crippen molar-refractivity contribution in [1.29, 1.82) is 0 Å². The van der Waals surface area contributed by atoms with E-state index in [1.54, 1.807) is 5.38 Å². The molecule has 3 rings (SSSR count). The smallest absolute Gasteiger partial charge is 0.273 e. The number of carbonyl (C=O) groups excluding carboxylic acids is 1. The molecule has 1 N–H and O–H groups in total. The largest absolute Gasteiger partial charge is 0.361 e. The number of thiazole rings is 1. The molecule has 1 atom stereocenters. The monoisotopic (exact) mass is 386 g/mol. The van der Waals surface area contributed by atoms with Crippen LogP contribution in [0.4, 0.5) is 5.13 Å². The molecular weight excluding hydrogens is 360 g/mol. The number of amides is 1. The van der Waals surface area contributed by atoms with Crippen LogP contribution in [-0.4, -0.2) is 79.4 Å². The lowest BCUT2D eigenvalue weighted by Gasteiger charge is -2.37. The average molecular weight is 387 g/mol. The fraction of sp³-hybridized carbons (Fsp3) is 0.750. The van der Waals surface area contributed by atoms with E-state index in [9.17, 15) is 13.2 Å². The van der Waals surface area contributed by atoms with Gasteiger partial charge in [-0.05, 0) is 12.3 Å². The third-order valence-electron chi connectivity index (χ3n) is 4.71. The highest BCUT2D eigenvalue weighted by Crippen LogP contribution is 2.21. The maximum atomic E-state index is 12.6. The molecule has 0 aromatic carbocycles. The number of hydrogen-bond donors (Lipinski definition) is 1. The van der Waals surface area contributed by atoms with Gasteiger partial charge in [0, 0.05) is 44.1 Å². The van der Waals surface area contributed by atoms with Gasteiger partial charge >= 0.3 is 0 Å². The van der Waals surface area contributed by atoms with Gasteiger partial charge < -0.3 is 10.2 Å². The molecule has 0 aliphatic carbocycles.